The van der Waals surface area contributed by atoms with Crippen molar-refractivity contribution in [3.05, 3.63) is 59.8 Å². The third-order valence-corrected chi connectivity index (χ3v) is 5.67. The van der Waals surface area contributed by atoms with Gasteiger partial charge in [0, 0.05) is 48.2 Å². The number of hydrogen-bond donors (Lipinski definition) is 2. The maximum atomic E-state index is 12.8. The Hall–Kier alpha value is -3.83. The van der Waals surface area contributed by atoms with E-state index in [1.54, 1.807) is 0 Å². The van der Waals surface area contributed by atoms with Gasteiger partial charge in [0.1, 0.15) is 11.8 Å². The molecule has 1 saturated heterocycles. The van der Waals surface area contributed by atoms with Crippen molar-refractivity contribution in [3.8, 4) is 17.2 Å². The minimum absolute atomic E-state index is 0.296. The van der Waals surface area contributed by atoms with Crippen molar-refractivity contribution in [1.82, 2.24) is 25.4 Å². The van der Waals surface area contributed by atoms with E-state index in [2.05, 4.69) is 36.5 Å². The van der Waals surface area contributed by atoms with E-state index in [0.29, 0.717) is 29.9 Å². The van der Waals surface area contributed by atoms with Gasteiger partial charge in [-0.25, -0.2) is 4.99 Å². The number of fused-ring (bicyclic) bond motifs is 1. The molecule has 3 aromatic rings. The molecular weight excluding hydrogens is 390 g/mol. The Morgan fingerprint density at radius 2 is 2.10 bits per heavy atom. The summed E-state index contributed by atoms with van der Waals surface area (Å²) in [5.41, 5.74) is 5.46. The molecule has 2 aliphatic heterocycles. The molecule has 2 N–H and O–H groups in total. The first-order valence-corrected chi connectivity index (χ1v) is 10.3. The molecule has 2 aromatic heterocycles. The number of benzene rings is 1. The number of aromatic nitrogens is 3. The van der Waals surface area contributed by atoms with Crippen molar-refractivity contribution in [2.24, 2.45) is 4.99 Å². The van der Waals surface area contributed by atoms with Crippen LogP contribution in [0.4, 0.5) is 0 Å². The minimum Gasteiger partial charge on any atom is -0.323 e. The van der Waals surface area contributed by atoms with Gasteiger partial charge in [0.25, 0.3) is 5.91 Å². The number of amides is 1. The van der Waals surface area contributed by atoms with E-state index < -0.39 is 0 Å². The normalized spacial score (nSPS) is 16.2. The molecule has 8 nitrogen and oxygen atoms in total. The number of hydrogen-bond acceptors (Lipinski definition) is 6. The number of aromatic amines is 1. The first kappa shape index (κ1) is 19.2. The summed E-state index contributed by atoms with van der Waals surface area (Å²) in [6.45, 7) is 3.19. The smallest absolute Gasteiger partial charge is 0.276 e. The van der Waals surface area contributed by atoms with E-state index in [1.165, 1.54) is 18.2 Å². The van der Waals surface area contributed by atoms with E-state index in [9.17, 15) is 4.79 Å². The van der Waals surface area contributed by atoms with Crippen LogP contribution in [0.3, 0.4) is 0 Å². The van der Waals surface area contributed by atoms with Crippen LogP contribution in [0.1, 0.15) is 35.3 Å². The average molecular weight is 411 g/mol. The van der Waals surface area contributed by atoms with Crippen molar-refractivity contribution >= 4 is 22.5 Å². The Balaban J connectivity index is 1.40. The lowest BCUT2D eigenvalue weighted by molar-refractivity contribution is 0.0961. The number of carbonyl (C=O) groups excluding carboxylic acids is 1. The molecule has 2 aliphatic rings. The van der Waals surface area contributed by atoms with E-state index in [4.69, 9.17) is 5.26 Å². The number of nitriles is 1. The lowest BCUT2D eigenvalue weighted by Gasteiger charge is -2.30. The molecule has 0 saturated carbocycles. The molecule has 1 fully saturated rings. The summed E-state index contributed by atoms with van der Waals surface area (Å²) in [4.78, 5) is 23.7. The van der Waals surface area contributed by atoms with Gasteiger partial charge < -0.3 is 5.32 Å². The van der Waals surface area contributed by atoms with Crippen molar-refractivity contribution in [2.45, 2.75) is 25.8 Å². The van der Waals surface area contributed by atoms with Crippen molar-refractivity contribution in [2.75, 3.05) is 13.1 Å². The molecule has 0 atom stereocenters. The third-order valence-electron chi connectivity index (χ3n) is 5.67. The SMILES string of the molecule is N#CC1=NC=C(NC(=O)c2n[nH]c3ccc(-c4cncc(CN5CCC5)c4)cc23)CC1. The number of nitrogens with one attached hydrogen (secondary N) is 2. The fraction of sp³-hybridized carbons (Fsp3) is 0.261. The van der Waals surface area contributed by atoms with Crippen LogP contribution in [-0.2, 0) is 6.54 Å². The van der Waals surface area contributed by atoms with Crippen LogP contribution in [0.5, 0.6) is 0 Å². The van der Waals surface area contributed by atoms with Gasteiger partial charge in [-0.15, -0.1) is 0 Å². The number of aliphatic imine (C=N–C) groups is 1. The first-order chi connectivity index (χ1) is 15.2. The molecule has 0 bridgehead atoms. The monoisotopic (exact) mass is 411 g/mol. The summed E-state index contributed by atoms with van der Waals surface area (Å²) in [6, 6.07) is 10.1. The maximum Gasteiger partial charge on any atom is 0.276 e. The van der Waals surface area contributed by atoms with Crippen LogP contribution in [0.25, 0.3) is 22.0 Å². The molecule has 1 amide bonds. The Morgan fingerprint density at radius 3 is 2.84 bits per heavy atom. The molecule has 1 aromatic carbocycles. The Labute approximate surface area is 179 Å². The van der Waals surface area contributed by atoms with Gasteiger partial charge in [0.05, 0.1) is 5.52 Å². The van der Waals surface area contributed by atoms with Crippen LogP contribution in [0.15, 0.2) is 53.5 Å². The van der Waals surface area contributed by atoms with Gasteiger partial charge >= 0.3 is 0 Å². The molecule has 0 aliphatic carbocycles. The first-order valence-electron chi connectivity index (χ1n) is 10.3. The topological polar surface area (TPSA) is 110 Å². The van der Waals surface area contributed by atoms with Crippen LogP contribution >= 0.6 is 0 Å². The van der Waals surface area contributed by atoms with Gasteiger partial charge in [-0.3, -0.25) is 19.8 Å². The predicted molar refractivity (Wildman–Crippen MR) is 117 cm³/mol. The zero-order valence-corrected chi connectivity index (χ0v) is 16.9. The highest BCUT2D eigenvalue weighted by Crippen LogP contribution is 2.26. The lowest BCUT2D eigenvalue weighted by atomic mass is 10.0. The average Bonchev–Trinajstić information content (AvgIpc) is 3.20. The standard InChI is InChI=1S/C23H21N7O/c24-10-18-3-4-19(13-26-18)27-23(31)22-20-9-16(2-5-21(20)28-29-22)17-8-15(11-25-12-17)14-30-6-1-7-30/h2,5,8-9,11-13H,1,3-4,6-7,14H2,(H,27,31)(H,28,29). The highest BCUT2D eigenvalue weighted by atomic mass is 16.2. The van der Waals surface area contributed by atoms with Crippen molar-refractivity contribution in [3.63, 3.8) is 0 Å². The molecule has 31 heavy (non-hydrogen) atoms. The Kier molecular flexibility index (Phi) is 5.02. The van der Waals surface area contributed by atoms with Crippen LogP contribution in [0.2, 0.25) is 0 Å². The second kappa shape index (κ2) is 8.13. The van der Waals surface area contributed by atoms with Crippen molar-refractivity contribution < 1.29 is 4.79 Å². The summed E-state index contributed by atoms with van der Waals surface area (Å²) in [7, 11) is 0. The van der Waals surface area contributed by atoms with Crippen LogP contribution in [0, 0.1) is 11.3 Å². The van der Waals surface area contributed by atoms with Crippen LogP contribution in [-0.4, -0.2) is 44.8 Å². The minimum atomic E-state index is -0.296. The van der Waals surface area contributed by atoms with Gasteiger partial charge in [0.15, 0.2) is 5.69 Å². The number of H-pyrrole nitrogens is 1. The number of rotatable bonds is 5. The molecule has 154 valence electrons. The molecule has 0 radical (unpaired) electrons. The Bertz CT molecular complexity index is 1260. The molecule has 4 heterocycles. The van der Waals surface area contributed by atoms with Crippen molar-refractivity contribution in [1.29, 1.82) is 5.26 Å². The van der Waals surface area contributed by atoms with E-state index in [0.717, 1.165) is 41.7 Å². The fourth-order valence-electron chi connectivity index (χ4n) is 3.82. The van der Waals surface area contributed by atoms with E-state index in [1.807, 2.05) is 36.7 Å². The summed E-state index contributed by atoms with van der Waals surface area (Å²) in [5, 5.41) is 19.7. The maximum absolute atomic E-state index is 12.8. The summed E-state index contributed by atoms with van der Waals surface area (Å²) in [5.74, 6) is -0.296. The zero-order valence-electron chi connectivity index (χ0n) is 16.9. The number of carbonyl (C=O) groups is 1. The second-order valence-corrected chi connectivity index (χ2v) is 7.84. The quantitative estimate of drug-likeness (QED) is 0.670. The highest BCUT2D eigenvalue weighted by molar-refractivity contribution is 6.06. The molecule has 5 rings (SSSR count). The van der Waals surface area contributed by atoms with Crippen LogP contribution < -0.4 is 5.32 Å². The van der Waals surface area contributed by atoms with E-state index >= 15 is 0 Å². The van der Waals surface area contributed by atoms with Gasteiger partial charge in [0.2, 0.25) is 0 Å². The van der Waals surface area contributed by atoms with E-state index in [-0.39, 0.29) is 5.91 Å². The number of nitrogens with zero attached hydrogens (tertiary/aromatic N) is 5. The largest absolute Gasteiger partial charge is 0.323 e. The fourth-order valence-corrected chi connectivity index (χ4v) is 3.82. The predicted octanol–water partition coefficient (Wildman–Crippen LogP) is 3.16. The summed E-state index contributed by atoms with van der Waals surface area (Å²) >= 11 is 0. The zero-order chi connectivity index (χ0) is 21.2. The highest BCUT2D eigenvalue weighted by Gasteiger charge is 2.18. The summed E-state index contributed by atoms with van der Waals surface area (Å²) < 4.78 is 0. The number of allylic oxidation sites excluding steroid dienone is 1. The number of likely N-dealkylation sites (tertiary alicyclic amines) is 1. The number of pyridine rings is 1. The Morgan fingerprint density at radius 1 is 1.19 bits per heavy atom. The molecule has 0 unspecified atom stereocenters. The summed E-state index contributed by atoms with van der Waals surface area (Å²) in [6.07, 6.45) is 7.65. The molecular formula is C23H21N7O. The third kappa shape index (κ3) is 3.96. The van der Waals surface area contributed by atoms with Gasteiger partial charge in [-0.05, 0) is 55.3 Å². The van der Waals surface area contributed by atoms with Gasteiger partial charge in [-0.1, -0.05) is 6.07 Å². The molecule has 0 spiro atoms. The van der Waals surface area contributed by atoms with Gasteiger partial charge in [-0.2, -0.15) is 10.4 Å². The lowest BCUT2D eigenvalue weighted by Crippen LogP contribution is -2.36. The second-order valence-electron chi connectivity index (χ2n) is 7.84. The molecule has 8 heteroatoms.